The van der Waals surface area contributed by atoms with Gasteiger partial charge in [-0.1, -0.05) is 6.07 Å². The van der Waals surface area contributed by atoms with Crippen LogP contribution in [0.3, 0.4) is 0 Å². The van der Waals surface area contributed by atoms with Gasteiger partial charge in [-0.3, -0.25) is 19.9 Å². The minimum absolute atomic E-state index is 0.0697. The maximum absolute atomic E-state index is 12.8. The molecule has 0 radical (unpaired) electrons. The van der Waals surface area contributed by atoms with Gasteiger partial charge in [0.1, 0.15) is 12.3 Å². The molecule has 1 saturated heterocycles. The highest BCUT2D eigenvalue weighted by molar-refractivity contribution is 6.05. The van der Waals surface area contributed by atoms with Crippen molar-refractivity contribution in [2.75, 3.05) is 30.4 Å². The van der Waals surface area contributed by atoms with Crippen molar-refractivity contribution in [1.82, 2.24) is 4.98 Å². The summed E-state index contributed by atoms with van der Waals surface area (Å²) in [4.78, 5) is 30.1. The van der Waals surface area contributed by atoms with E-state index in [0.717, 1.165) is 31.5 Å². The van der Waals surface area contributed by atoms with Crippen LogP contribution in [0.4, 0.5) is 17.1 Å². The van der Waals surface area contributed by atoms with Gasteiger partial charge in [0.25, 0.3) is 11.6 Å². The standard InChI is InChI=1S/C24H24N4O5/c1-32-22-9-7-19(14-23(22)33-16-17-5-4-10-25-15-17)26-24(29)18-6-8-20(21(13-18)28(30)31)27-11-2-3-12-27/h4-10,13-15H,2-3,11-12,16H2,1H3,(H,26,29). The number of amides is 1. The summed E-state index contributed by atoms with van der Waals surface area (Å²) >= 11 is 0. The number of carbonyl (C=O) groups is 1. The molecule has 1 fully saturated rings. The number of benzene rings is 2. The number of nitrogens with one attached hydrogen (secondary N) is 1. The molecule has 0 saturated carbocycles. The van der Waals surface area contributed by atoms with Gasteiger partial charge in [0.05, 0.1) is 12.0 Å². The Morgan fingerprint density at radius 2 is 1.97 bits per heavy atom. The summed E-state index contributed by atoms with van der Waals surface area (Å²) < 4.78 is 11.2. The lowest BCUT2D eigenvalue weighted by Crippen LogP contribution is -2.19. The second-order valence-corrected chi connectivity index (χ2v) is 7.62. The Hall–Kier alpha value is -4.14. The first-order chi connectivity index (χ1) is 16.0. The highest BCUT2D eigenvalue weighted by Gasteiger charge is 2.24. The predicted octanol–water partition coefficient (Wildman–Crippen LogP) is 4.43. The molecule has 33 heavy (non-hydrogen) atoms. The molecule has 9 heteroatoms. The lowest BCUT2D eigenvalue weighted by atomic mass is 10.1. The maximum Gasteiger partial charge on any atom is 0.293 e. The molecule has 170 valence electrons. The van der Waals surface area contributed by atoms with E-state index in [1.807, 2.05) is 17.0 Å². The molecule has 4 rings (SSSR count). The lowest BCUT2D eigenvalue weighted by molar-refractivity contribution is -0.384. The van der Waals surface area contributed by atoms with Gasteiger partial charge in [-0.25, -0.2) is 0 Å². The summed E-state index contributed by atoms with van der Waals surface area (Å²) in [5.41, 5.74) is 2.05. The largest absolute Gasteiger partial charge is 0.493 e. The molecular formula is C24H24N4O5. The third-order valence-electron chi connectivity index (χ3n) is 5.42. The van der Waals surface area contributed by atoms with E-state index in [2.05, 4.69) is 10.3 Å². The Kier molecular flexibility index (Phi) is 6.68. The first kappa shape index (κ1) is 22.1. The number of hydrogen-bond acceptors (Lipinski definition) is 7. The van der Waals surface area contributed by atoms with E-state index in [-0.39, 0.29) is 17.9 Å². The summed E-state index contributed by atoms with van der Waals surface area (Å²) in [5, 5.41) is 14.4. The van der Waals surface area contributed by atoms with Crippen LogP contribution in [0.1, 0.15) is 28.8 Å². The molecule has 3 aromatic rings. The van der Waals surface area contributed by atoms with Crippen molar-refractivity contribution in [1.29, 1.82) is 0 Å². The zero-order chi connectivity index (χ0) is 23.2. The fourth-order valence-electron chi connectivity index (χ4n) is 3.75. The molecule has 1 N–H and O–H groups in total. The van der Waals surface area contributed by atoms with Crippen LogP contribution in [0.2, 0.25) is 0 Å². The number of carbonyl (C=O) groups excluding carboxylic acids is 1. The molecule has 2 aromatic carbocycles. The van der Waals surface area contributed by atoms with E-state index < -0.39 is 10.8 Å². The van der Waals surface area contributed by atoms with Crippen molar-refractivity contribution < 1.29 is 19.2 Å². The first-order valence-electron chi connectivity index (χ1n) is 10.6. The van der Waals surface area contributed by atoms with Gasteiger partial charge < -0.3 is 19.7 Å². The van der Waals surface area contributed by atoms with Crippen LogP contribution in [0.15, 0.2) is 60.9 Å². The van der Waals surface area contributed by atoms with Crippen LogP contribution in [-0.2, 0) is 6.61 Å². The molecule has 2 heterocycles. The lowest BCUT2D eigenvalue weighted by Gasteiger charge is -2.18. The Bertz CT molecular complexity index is 1150. The van der Waals surface area contributed by atoms with Crippen LogP contribution in [0.5, 0.6) is 11.5 Å². The summed E-state index contributed by atoms with van der Waals surface area (Å²) in [6.07, 6.45) is 5.39. The van der Waals surface area contributed by atoms with Crippen molar-refractivity contribution >= 4 is 23.0 Å². The van der Waals surface area contributed by atoms with Crippen molar-refractivity contribution in [2.45, 2.75) is 19.4 Å². The average Bonchev–Trinajstić information content (AvgIpc) is 3.38. The van der Waals surface area contributed by atoms with E-state index >= 15 is 0 Å². The first-order valence-corrected chi connectivity index (χ1v) is 10.6. The maximum atomic E-state index is 12.8. The van der Waals surface area contributed by atoms with Crippen molar-refractivity contribution in [2.24, 2.45) is 0 Å². The van der Waals surface area contributed by atoms with Crippen molar-refractivity contribution in [3.05, 3.63) is 82.2 Å². The number of nitrogens with zero attached hydrogens (tertiary/aromatic N) is 3. The number of aromatic nitrogens is 1. The number of rotatable bonds is 8. The van der Waals surface area contributed by atoms with E-state index in [0.29, 0.717) is 22.9 Å². The Balaban J connectivity index is 1.51. The summed E-state index contributed by atoms with van der Waals surface area (Å²) in [7, 11) is 1.53. The van der Waals surface area contributed by atoms with Gasteiger partial charge in [0, 0.05) is 54.4 Å². The van der Waals surface area contributed by atoms with Crippen LogP contribution in [-0.4, -0.2) is 36.0 Å². The second-order valence-electron chi connectivity index (χ2n) is 7.62. The number of hydrogen-bond donors (Lipinski definition) is 1. The molecule has 0 unspecified atom stereocenters. The topological polar surface area (TPSA) is 107 Å². The normalized spacial score (nSPS) is 12.9. The van der Waals surface area contributed by atoms with Gasteiger partial charge >= 0.3 is 0 Å². The Labute approximate surface area is 191 Å². The number of methoxy groups -OCH3 is 1. The van der Waals surface area contributed by atoms with Gasteiger partial charge in [0.15, 0.2) is 11.5 Å². The van der Waals surface area contributed by atoms with E-state index in [1.54, 1.807) is 42.7 Å². The molecule has 0 aliphatic carbocycles. The molecule has 9 nitrogen and oxygen atoms in total. The monoisotopic (exact) mass is 448 g/mol. The highest BCUT2D eigenvalue weighted by Crippen LogP contribution is 2.33. The minimum Gasteiger partial charge on any atom is -0.493 e. The second kappa shape index (κ2) is 9.99. The Morgan fingerprint density at radius 1 is 1.15 bits per heavy atom. The number of ether oxygens (including phenoxy) is 2. The predicted molar refractivity (Wildman–Crippen MR) is 124 cm³/mol. The molecule has 0 atom stereocenters. The Morgan fingerprint density at radius 3 is 2.67 bits per heavy atom. The van der Waals surface area contributed by atoms with E-state index in [9.17, 15) is 14.9 Å². The van der Waals surface area contributed by atoms with Crippen molar-refractivity contribution in [3.8, 4) is 11.5 Å². The summed E-state index contributed by atoms with van der Waals surface area (Å²) in [5.74, 6) is 0.520. The number of anilines is 2. The SMILES string of the molecule is COc1ccc(NC(=O)c2ccc(N3CCCC3)c([N+](=O)[O-])c2)cc1OCc1cccnc1. The molecule has 1 amide bonds. The van der Waals surface area contributed by atoms with Gasteiger partial charge in [0.2, 0.25) is 0 Å². The van der Waals surface area contributed by atoms with Gasteiger partial charge in [-0.15, -0.1) is 0 Å². The van der Waals surface area contributed by atoms with Gasteiger partial charge in [-0.05, 0) is 43.2 Å². The van der Waals surface area contributed by atoms with Crippen LogP contribution in [0, 0.1) is 10.1 Å². The fourth-order valence-corrected chi connectivity index (χ4v) is 3.75. The third kappa shape index (κ3) is 5.20. The molecule has 0 bridgehead atoms. The zero-order valence-corrected chi connectivity index (χ0v) is 18.2. The molecular weight excluding hydrogens is 424 g/mol. The van der Waals surface area contributed by atoms with Gasteiger partial charge in [-0.2, -0.15) is 0 Å². The number of nitro groups is 1. The highest BCUT2D eigenvalue weighted by atomic mass is 16.6. The van der Waals surface area contributed by atoms with E-state index in [1.165, 1.54) is 13.2 Å². The molecule has 1 aromatic heterocycles. The van der Waals surface area contributed by atoms with Crippen molar-refractivity contribution in [3.63, 3.8) is 0 Å². The quantitative estimate of drug-likeness (QED) is 0.401. The zero-order valence-electron chi connectivity index (χ0n) is 18.2. The average molecular weight is 448 g/mol. The van der Waals surface area contributed by atoms with Crippen LogP contribution >= 0.6 is 0 Å². The van der Waals surface area contributed by atoms with Crippen LogP contribution in [0.25, 0.3) is 0 Å². The molecule has 1 aliphatic heterocycles. The fraction of sp³-hybridized carbons (Fsp3) is 0.250. The molecule has 0 spiro atoms. The third-order valence-corrected chi connectivity index (χ3v) is 5.42. The summed E-state index contributed by atoms with van der Waals surface area (Å²) in [6, 6.07) is 13.3. The number of pyridine rings is 1. The summed E-state index contributed by atoms with van der Waals surface area (Å²) in [6.45, 7) is 1.84. The molecule has 1 aliphatic rings. The van der Waals surface area contributed by atoms with E-state index in [4.69, 9.17) is 9.47 Å². The number of nitro benzene ring substituents is 1. The minimum atomic E-state index is -0.450. The smallest absolute Gasteiger partial charge is 0.293 e. The van der Waals surface area contributed by atoms with Crippen LogP contribution < -0.4 is 19.7 Å².